The summed E-state index contributed by atoms with van der Waals surface area (Å²) in [6, 6.07) is 7.92. The maximum atomic E-state index is 13.2. The van der Waals surface area contributed by atoms with Crippen molar-refractivity contribution in [3.8, 4) is 12.1 Å². The fourth-order valence-corrected chi connectivity index (χ4v) is 7.01. The third-order valence-corrected chi connectivity index (χ3v) is 8.28. The molecule has 162 valence electrons. The Balaban J connectivity index is 1.34. The average molecular weight is 419 g/mol. The van der Waals surface area contributed by atoms with Crippen molar-refractivity contribution >= 4 is 11.7 Å². The molecule has 5 fully saturated rings. The van der Waals surface area contributed by atoms with Gasteiger partial charge in [-0.05, 0) is 80.8 Å². The molecule has 7 heteroatoms. The number of nitrogens with zero attached hydrogens (tertiary/aromatic N) is 4. The lowest BCUT2D eigenvalue weighted by Gasteiger charge is -2.61. The van der Waals surface area contributed by atoms with Crippen molar-refractivity contribution in [2.75, 3.05) is 25.0 Å². The molecule has 6 rings (SSSR count). The average Bonchev–Trinajstić information content (AvgIpc) is 3.22. The van der Waals surface area contributed by atoms with Crippen LogP contribution in [-0.4, -0.2) is 47.0 Å². The molecule has 31 heavy (non-hydrogen) atoms. The monoisotopic (exact) mass is 418 g/mol. The molecule has 1 aromatic rings. The van der Waals surface area contributed by atoms with Crippen molar-refractivity contribution in [2.45, 2.75) is 56.5 Å². The van der Waals surface area contributed by atoms with E-state index < -0.39 is 0 Å². The summed E-state index contributed by atoms with van der Waals surface area (Å²) in [6.45, 7) is 1.79. The summed E-state index contributed by atoms with van der Waals surface area (Å²) in [7, 11) is 0. The first-order valence-electron chi connectivity index (χ1n) is 11.6. The van der Waals surface area contributed by atoms with Crippen LogP contribution in [0.25, 0.3) is 0 Å². The lowest BCUT2D eigenvalue weighted by Crippen LogP contribution is -2.69. The number of pyridine rings is 1. The van der Waals surface area contributed by atoms with Gasteiger partial charge in [0.2, 0.25) is 5.91 Å². The first-order chi connectivity index (χ1) is 15.1. The molecule has 1 unspecified atom stereocenters. The van der Waals surface area contributed by atoms with Gasteiger partial charge in [0.15, 0.2) is 0 Å². The van der Waals surface area contributed by atoms with Crippen LogP contribution in [0.5, 0.6) is 0 Å². The maximum absolute atomic E-state index is 13.2. The van der Waals surface area contributed by atoms with E-state index in [1.807, 2.05) is 11.0 Å². The number of anilines is 1. The highest BCUT2D eigenvalue weighted by molar-refractivity contribution is 5.79. The third-order valence-electron chi connectivity index (χ3n) is 8.28. The van der Waals surface area contributed by atoms with Gasteiger partial charge in [-0.3, -0.25) is 9.69 Å². The molecule has 1 saturated heterocycles. The lowest BCUT2D eigenvalue weighted by molar-refractivity contribution is -0.132. The molecule has 0 radical (unpaired) electrons. The summed E-state index contributed by atoms with van der Waals surface area (Å²) in [4.78, 5) is 19.6. The van der Waals surface area contributed by atoms with E-state index in [1.165, 1.54) is 32.1 Å². The van der Waals surface area contributed by atoms with Crippen LogP contribution >= 0.6 is 0 Å². The molecule has 2 heterocycles. The SMILES string of the molecule is N#Cc1ccc(NCC2(NC(=O)CN3CCCC3C#N)C3CC4CC(C3)CC2C4)nc1. The minimum atomic E-state index is -0.262. The summed E-state index contributed by atoms with van der Waals surface area (Å²) < 4.78 is 0. The molecule has 1 amide bonds. The number of hydrogen-bond donors (Lipinski definition) is 2. The highest BCUT2D eigenvalue weighted by Crippen LogP contribution is 2.58. The van der Waals surface area contributed by atoms with Gasteiger partial charge in [0.05, 0.1) is 29.8 Å². The second-order valence-electron chi connectivity index (χ2n) is 10.0. The van der Waals surface area contributed by atoms with Crippen LogP contribution < -0.4 is 10.6 Å². The van der Waals surface area contributed by atoms with Gasteiger partial charge in [0.25, 0.3) is 0 Å². The summed E-state index contributed by atoms with van der Waals surface area (Å²) in [5.41, 5.74) is 0.280. The van der Waals surface area contributed by atoms with Crippen LogP contribution in [-0.2, 0) is 4.79 Å². The second kappa shape index (κ2) is 8.13. The summed E-state index contributed by atoms with van der Waals surface area (Å²) >= 11 is 0. The summed E-state index contributed by atoms with van der Waals surface area (Å²) in [5, 5.41) is 25.4. The molecule has 1 aromatic heterocycles. The molecule has 4 aliphatic carbocycles. The van der Waals surface area contributed by atoms with Gasteiger partial charge in [-0.15, -0.1) is 0 Å². The zero-order valence-electron chi connectivity index (χ0n) is 17.9. The van der Waals surface area contributed by atoms with Gasteiger partial charge in [-0.2, -0.15) is 10.5 Å². The Labute approximate surface area is 183 Å². The number of carbonyl (C=O) groups is 1. The predicted octanol–water partition coefficient (Wildman–Crippen LogP) is 2.66. The topological polar surface area (TPSA) is 105 Å². The van der Waals surface area contributed by atoms with E-state index in [1.54, 1.807) is 12.3 Å². The van der Waals surface area contributed by atoms with Crippen LogP contribution in [0.1, 0.15) is 50.5 Å². The molecule has 1 atom stereocenters. The highest BCUT2D eigenvalue weighted by Gasteiger charge is 2.57. The summed E-state index contributed by atoms with van der Waals surface area (Å²) in [5.74, 6) is 3.38. The fraction of sp³-hybridized carbons (Fsp3) is 0.667. The molecule has 1 aliphatic heterocycles. The van der Waals surface area contributed by atoms with Gasteiger partial charge in [-0.25, -0.2) is 4.98 Å². The number of hydrogen-bond acceptors (Lipinski definition) is 6. The molecule has 0 aromatic carbocycles. The zero-order valence-corrected chi connectivity index (χ0v) is 17.9. The van der Waals surface area contributed by atoms with E-state index in [9.17, 15) is 10.1 Å². The Hall–Kier alpha value is -2.64. The van der Waals surface area contributed by atoms with E-state index in [0.29, 0.717) is 30.5 Å². The van der Waals surface area contributed by atoms with E-state index in [0.717, 1.165) is 37.0 Å². The van der Waals surface area contributed by atoms with Gasteiger partial charge < -0.3 is 10.6 Å². The Morgan fingerprint density at radius 3 is 2.52 bits per heavy atom. The van der Waals surface area contributed by atoms with Crippen molar-refractivity contribution in [2.24, 2.45) is 23.7 Å². The predicted molar refractivity (Wildman–Crippen MR) is 116 cm³/mol. The van der Waals surface area contributed by atoms with Crippen LogP contribution in [0.2, 0.25) is 0 Å². The molecule has 0 spiro atoms. The number of nitrogens with one attached hydrogen (secondary N) is 2. The number of amides is 1. The summed E-state index contributed by atoms with van der Waals surface area (Å²) in [6.07, 6.45) is 9.56. The fourth-order valence-electron chi connectivity index (χ4n) is 7.01. The smallest absolute Gasteiger partial charge is 0.234 e. The number of aromatic nitrogens is 1. The van der Waals surface area contributed by atoms with Crippen LogP contribution in [0.15, 0.2) is 18.3 Å². The standard InChI is InChI=1S/C24H30N6O/c25-11-16-3-4-22(27-13-16)28-15-24(19-7-17-6-18(9-19)10-20(24)8-17)29-23(31)14-30-5-1-2-21(30)12-26/h3-4,13,17-21H,1-2,5-10,14-15H2,(H,27,28)(H,29,31). The number of carbonyl (C=O) groups excluding carboxylic acids is 1. The van der Waals surface area contributed by atoms with Crippen LogP contribution in [0.3, 0.4) is 0 Å². The molecule has 4 saturated carbocycles. The lowest BCUT2D eigenvalue weighted by atomic mass is 9.48. The highest BCUT2D eigenvalue weighted by atomic mass is 16.2. The first-order valence-corrected chi connectivity index (χ1v) is 11.6. The minimum absolute atomic E-state index is 0.0456. The van der Waals surface area contributed by atoms with Gasteiger partial charge in [0, 0.05) is 19.3 Å². The molecular formula is C24H30N6O. The van der Waals surface area contributed by atoms with E-state index in [2.05, 4.69) is 27.8 Å². The van der Waals surface area contributed by atoms with Crippen molar-refractivity contribution in [1.29, 1.82) is 10.5 Å². The van der Waals surface area contributed by atoms with Crippen molar-refractivity contribution < 1.29 is 4.79 Å². The molecule has 7 nitrogen and oxygen atoms in total. The molecule has 5 aliphatic rings. The second-order valence-corrected chi connectivity index (χ2v) is 10.0. The van der Waals surface area contributed by atoms with Crippen molar-refractivity contribution in [3.05, 3.63) is 23.9 Å². The van der Waals surface area contributed by atoms with Crippen LogP contribution in [0, 0.1) is 46.3 Å². The van der Waals surface area contributed by atoms with E-state index in [4.69, 9.17) is 5.26 Å². The van der Waals surface area contributed by atoms with Gasteiger partial charge >= 0.3 is 0 Å². The zero-order chi connectivity index (χ0) is 21.4. The third kappa shape index (κ3) is 3.77. The number of nitriles is 2. The van der Waals surface area contributed by atoms with Gasteiger partial charge in [-0.1, -0.05) is 0 Å². The minimum Gasteiger partial charge on any atom is -0.368 e. The Morgan fingerprint density at radius 2 is 1.90 bits per heavy atom. The van der Waals surface area contributed by atoms with Crippen LogP contribution in [0.4, 0.5) is 5.82 Å². The Kier molecular flexibility index (Phi) is 5.32. The quantitative estimate of drug-likeness (QED) is 0.736. The Bertz CT molecular complexity index is 885. The van der Waals surface area contributed by atoms with E-state index >= 15 is 0 Å². The Morgan fingerprint density at radius 1 is 1.16 bits per heavy atom. The normalized spacial score (nSPS) is 36.0. The first kappa shape index (κ1) is 20.3. The number of rotatable bonds is 6. The largest absolute Gasteiger partial charge is 0.368 e. The number of likely N-dealkylation sites (tertiary alicyclic amines) is 1. The molecule has 2 N–H and O–H groups in total. The van der Waals surface area contributed by atoms with Crippen molar-refractivity contribution in [3.63, 3.8) is 0 Å². The van der Waals surface area contributed by atoms with E-state index in [-0.39, 0.29) is 17.5 Å². The van der Waals surface area contributed by atoms with Gasteiger partial charge in [0.1, 0.15) is 11.9 Å². The molecular weight excluding hydrogens is 388 g/mol. The maximum Gasteiger partial charge on any atom is 0.234 e. The molecule has 4 bridgehead atoms. The van der Waals surface area contributed by atoms with Crippen molar-refractivity contribution in [1.82, 2.24) is 15.2 Å².